The summed E-state index contributed by atoms with van der Waals surface area (Å²) in [6.07, 6.45) is 13.0. The monoisotopic (exact) mass is 516 g/mol. The van der Waals surface area contributed by atoms with Gasteiger partial charge in [0.25, 0.3) is 0 Å². The van der Waals surface area contributed by atoms with Gasteiger partial charge in [-0.2, -0.15) is 9.97 Å². The number of carboxylic acids is 1. The largest absolute Gasteiger partial charge is 0.481 e. The number of rotatable bonds is 13. The molecule has 0 spiro atoms. The Balaban J connectivity index is 1.11. The maximum atomic E-state index is 10.8. The normalized spacial score (nSPS) is 23.7. The summed E-state index contributed by atoms with van der Waals surface area (Å²) in [6, 6.07) is 2.99. The van der Waals surface area contributed by atoms with Crippen molar-refractivity contribution in [2.75, 3.05) is 68.3 Å². The fourth-order valence-electron chi connectivity index (χ4n) is 5.96. The van der Waals surface area contributed by atoms with Gasteiger partial charge in [-0.15, -0.1) is 0 Å². The molecule has 1 aliphatic heterocycles. The Labute approximate surface area is 222 Å². The van der Waals surface area contributed by atoms with Gasteiger partial charge in [-0.3, -0.25) is 9.69 Å². The highest BCUT2D eigenvalue weighted by molar-refractivity contribution is 5.66. The molecule has 0 unspecified atom stereocenters. The van der Waals surface area contributed by atoms with E-state index in [0.717, 1.165) is 76.4 Å². The van der Waals surface area contributed by atoms with Gasteiger partial charge in [-0.25, -0.2) is 0 Å². The van der Waals surface area contributed by atoms with Crippen molar-refractivity contribution >= 4 is 23.6 Å². The smallest absolute Gasteiger partial charge is 0.304 e. The molecule has 0 bridgehead atoms. The van der Waals surface area contributed by atoms with Gasteiger partial charge in [0.1, 0.15) is 11.6 Å². The van der Waals surface area contributed by atoms with E-state index in [1.165, 1.54) is 51.4 Å². The number of nitrogen functional groups attached to an aromatic ring is 1. The Bertz CT molecular complexity index is 819. The van der Waals surface area contributed by atoms with E-state index < -0.39 is 5.97 Å². The number of hydrogen-bond acceptors (Lipinski definition) is 9. The van der Waals surface area contributed by atoms with E-state index in [1.54, 1.807) is 0 Å². The minimum Gasteiger partial charge on any atom is -0.481 e. The van der Waals surface area contributed by atoms with Crippen LogP contribution in [0.25, 0.3) is 0 Å². The molecule has 0 atom stereocenters. The molecule has 0 amide bonds. The van der Waals surface area contributed by atoms with Crippen molar-refractivity contribution in [3.63, 3.8) is 0 Å². The molecule has 4 rings (SSSR count). The molecule has 2 heterocycles. The Hall–Kier alpha value is -2.17. The average molecular weight is 517 g/mol. The first-order chi connectivity index (χ1) is 18.0. The third kappa shape index (κ3) is 9.57. The number of piperazine rings is 1. The van der Waals surface area contributed by atoms with E-state index in [9.17, 15) is 4.79 Å². The summed E-state index contributed by atoms with van der Waals surface area (Å²) in [7, 11) is 0. The van der Waals surface area contributed by atoms with Gasteiger partial charge < -0.3 is 31.7 Å². The van der Waals surface area contributed by atoms with Crippen LogP contribution in [0, 0.1) is 5.92 Å². The van der Waals surface area contributed by atoms with E-state index in [0.29, 0.717) is 24.4 Å². The van der Waals surface area contributed by atoms with Crippen molar-refractivity contribution in [1.29, 1.82) is 0 Å². The molecule has 0 aromatic carbocycles. The SMILES string of the molecule is Nc1cc(N2CCN(CCC(=O)O)CC2)nc(N[C@H]2CC[C@H](CNCCCNC3CCCCC3)CC2)n1. The second kappa shape index (κ2) is 14.7. The van der Waals surface area contributed by atoms with E-state index in [-0.39, 0.29) is 6.42 Å². The zero-order valence-electron chi connectivity index (χ0n) is 22.5. The fourth-order valence-corrected chi connectivity index (χ4v) is 5.96. The number of aliphatic carboxylic acids is 1. The van der Waals surface area contributed by atoms with Gasteiger partial charge in [-0.1, -0.05) is 19.3 Å². The molecule has 10 heteroatoms. The second-order valence-electron chi connectivity index (χ2n) is 11.2. The van der Waals surface area contributed by atoms with Crippen molar-refractivity contribution in [2.45, 2.75) is 82.7 Å². The molecule has 2 aliphatic carbocycles. The zero-order chi connectivity index (χ0) is 25.9. The second-order valence-corrected chi connectivity index (χ2v) is 11.2. The van der Waals surface area contributed by atoms with E-state index in [1.807, 2.05) is 6.07 Å². The number of carbonyl (C=O) groups is 1. The lowest BCUT2D eigenvalue weighted by atomic mass is 9.86. The third-order valence-corrected chi connectivity index (χ3v) is 8.25. The summed E-state index contributed by atoms with van der Waals surface area (Å²) < 4.78 is 0. The standard InChI is InChI=1S/C27H48N8O2/c28-24-19-25(35-17-15-34(16-18-35)14-11-26(36)37)33-27(32-24)31-23-9-7-21(8-10-23)20-29-12-4-13-30-22-5-2-1-3-6-22/h19,21-23,29-30H,1-18,20H2,(H,36,37)(H3,28,31,32,33)/t21-,23-. The van der Waals surface area contributed by atoms with Crippen LogP contribution in [0.4, 0.5) is 17.6 Å². The van der Waals surface area contributed by atoms with Crippen molar-refractivity contribution in [1.82, 2.24) is 25.5 Å². The summed E-state index contributed by atoms with van der Waals surface area (Å²) in [5.41, 5.74) is 6.13. The molecule has 10 nitrogen and oxygen atoms in total. The van der Waals surface area contributed by atoms with Crippen LogP contribution in [0.1, 0.15) is 70.6 Å². The lowest BCUT2D eigenvalue weighted by Crippen LogP contribution is -2.47. The Kier molecular flexibility index (Phi) is 11.1. The van der Waals surface area contributed by atoms with Gasteiger partial charge in [0.15, 0.2) is 0 Å². The first-order valence-electron chi connectivity index (χ1n) is 14.6. The Morgan fingerprint density at radius 1 is 0.973 bits per heavy atom. The lowest BCUT2D eigenvalue weighted by molar-refractivity contribution is -0.137. The number of nitrogens with one attached hydrogen (secondary N) is 3. The molecule has 1 aromatic rings. The number of anilines is 3. The van der Waals surface area contributed by atoms with Gasteiger partial charge in [0, 0.05) is 50.9 Å². The molecule has 208 valence electrons. The van der Waals surface area contributed by atoms with Crippen LogP contribution in [0.15, 0.2) is 6.07 Å². The van der Waals surface area contributed by atoms with Crippen LogP contribution >= 0.6 is 0 Å². The highest BCUT2D eigenvalue weighted by Crippen LogP contribution is 2.27. The molecule has 2 saturated carbocycles. The molecule has 3 fully saturated rings. The quantitative estimate of drug-likeness (QED) is 0.249. The zero-order valence-corrected chi connectivity index (χ0v) is 22.5. The van der Waals surface area contributed by atoms with Crippen molar-refractivity contribution < 1.29 is 9.90 Å². The number of carboxylic acid groups (broad SMARTS) is 1. The number of nitrogens with zero attached hydrogens (tertiary/aromatic N) is 4. The van der Waals surface area contributed by atoms with E-state index in [2.05, 4.69) is 30.7 Å². The van der Waals surface area contributed by atoms with Crippen molar-refractivity contribution in [3.05, 3.63) is 6.07 Å². The minimum absolute atomic E-state index is 0.185. The minimum atomic E-state index is -0.746. The maximum Gasteiger partial charge on any atom is 0.304 e. The highest BCUT2D eigenvalue weighted by atomic mass is 16.4. The molecule has 6 N–H and O–H groups in total. The predicted molar refractivity (Wildman–Crippen MR) is 149 cm³/mol. The summed E-state index contributed by atoms with van der Waals surface area (Å²) >= 11 is 0. The average Bonchev–Trinajstić information content (AvgIpc) is 2.91. The third-order valence-electron chi connectivity index (χ3n) is 8.25. The molecule has 37 heavy (non-hydrogen) atoms. The first-order valence-corrected chi connectivity index (χ1v) is 14.6. The van der Waals surface area contributed by atoms with Crippen LogP contribution in [0.2, 0.25) is 0 Å². The predicted octanol–water partition coefficient (Wildman–Crippen LogP) is 2.53. The first kappa shape index (κ1) is 27.9. The Morgan fingerprint density at radius 2 is 1.73 bits per heavy atom. The van der Waals surface area contributed by atoms with Gasteiger partial charge in [0.2, 0.25) is 5.95 Å². The topological polar surface area (TPSA) is 132 Å². The summed E-state index contributed by atoms with van der Waals surface area (Å²) in [6.45, 7) is 7.23. The van der Waals surface area contributed by atoms with Gasteiger partial charge >= 0.3 is 5.97 Å². The Morgan fingerprint density at radius 3 is 2.46 bits per heavy atom. The number of aromatic nitrogens is 2. The van der Waals surface area contributed by atoms with Gasteiger partial charge in [0.05, 0.1) is 6.42 Å². The lowest BCUT2D eigenvalue weighted by Gasteiger charge is -2.35. The van der Waals surface area contributed by atoms with Crippen molar-refractivity contribution in [2.24, 2.45) is 5.92 Å². The van der Waals surface area contributed by atoms with Crippen LogP contribution in [0.3, 0.4) is 0 Å². The van der Waals surface area contributed by atoms with E-state index in [4.69, 9.17) is 15.8 Å². The highest BCUT2D eigenvalue weighted by Gasteiger charge is 2.23. The van der Waals surface area contributed by atoms with Crippen LogP contribution < -0.4 is 26.6 Å². The summed E-state index contributed by atoms with van der Waals surface area (Å²) in [4.78, 5) is 24.5. The van der Waals surface area contributed by atoms with Crippen LogP contribution in [-0.2, 0) is 4.79 Å². The van der Waals surface area contributed by atoms with Crippen molar-refractivity contribution in [3.8, 4) is 0 Å². The van der Waals surface area contributed by atoms with E-state index >= 15 is 0 Å². The molecule has 1 saturated heterocycles. The molecule has 1 aromatic heterocycles. The molecule has 0 radical (unpaired) electrons. The summed E-state index contributed by atoms with van der Waals surface area (Å²) in [5.74, 6) is 1.96. The van der Waals surface area contributed by atoms with Crippen LogP contribution in [0.5, 0.6) is 0 Å². The maximum absolute atomic E-state index is 10.8. The molecular weight excluding hydrogens is 468 g/mol. The summed E-state index contributed by atoms with van der Waals surface area (Å²) in [5, 5.41) is 19.9. The van der Waals surface area contributed by atoms with Crippen LogP contribution in [-0.4, -0.2) is 90.4 Å². The number of nitrogens with two attached hydrogens (primary N) is 1. The fraction of sp³-hybridized carbons (Fsp3) is 0.815. The number of hydrogen-bond donors (Lipinski definition) is 5. The van der Waals surface area contributed by atoms with Gasteiger partial charge in [-0.05, 0) is 70.5 Å². The molecular formula is C27H48N8O2. The molecule has 3 aliphatic rings.